The molecule has 0 rings (SSSR count). The van der Waals surface area contributed by atoms with E-state index in [4.69, 9.17) is 9.47 Å². The summed E-state index contributed by atoms with van der Waals surface area (Å²) in [5.41, 5.74) is 0. The van der Waals surface area contributed by atoms with Gasteiger partial charge in [-0.1, -0.05) is 0 Å². The number of alkyl carbamates (subject to hydrolysis) is 1. The zero-order chi connectivity index (χ0) is 10.1. The summed E-state index contributed by atoms with van der Waals surface area (Å²) in [5.74, 6) is 0. The molecule has 0 aliphatic rings. The topological polar surface area (TPSA) is 56.8 Å². The van der Waals surface area contributed by atoms with Crippen molar-refractivity contribution in [1.82, 2.24) is 5.32 Å². The van der Waals surface area contributed by atoms with Gasteiger partial charge in [0.15, 0.2) is 6.29 Å². The molecule has 0 aliphatic heterocycles. The molecular weight excluding hydrogens is 174 g/mol. The van der Waals surface area contributed by atoms with Crippen LogP contribution < -0.4 is 5.32 Å². The fourth-order valence-corrected chi connectivity index (χ4v) is 0.863. The fraction of sp³-hybridized carbons (Fsp3) is 0.875. The van der Waals surface area contributed by atoms with Crippen LogP contribution in [0.15, 0.2) is 0 Å². The Balaban J connectivity index is 3.28. The molecule has 0 unspecified atom stereocenters. The van der Waals surface area contributed by atoms with Crippen molar-refractivity contribution in [3.63, 3.8) is 0 Å². The summed E-state index contributed by atoms with van der Waals surface area (Å²) in [6.45, 7) is 0.565. The Bertz CT molecular complexity index is 136. The van der Waals surface area contributed by atoms with Crippen LogP contribution in [0, 0.1) is 0 Å². The van der Waals surface area contributed by atoms with Crippen LogP contribution in [-0.4, -0.2) is 40.3 Å². The van der Waals surface area contributed by atoms with Crippen molar-refractivity contribution in [2.75, 3.05) is 27.9 Å². The standard InChI is InChI=1S/C8H17NO4/c1-11-7(12-2)5-4-6-9-8(10)13-3/h7H,4-6H2,1-3H3,(H,9,10). The maximum absolute atomic E-state index is 10.6. The quantitative estimate of drug-likeness (QED) is 0.497. The number of ether oxygens (including phenoxy) is 3. The van der Waals surface area contributed by atoms with Gasteiger partial charge in [-0.3, -0.25) is 0 Å². The van der Waals surface area contributed by atoms with E-state index in [0.717, 1.165) is 12.8 Å². The lowest BCUT2D eigenvalue weighted by Gasteiger charge is -2.12. The van der Waals surface area contributed by atoms with Gasteiger partial charge in [0.1, 0.15) is 0 Å². The first-order valence-corrected chi connectivity index (χ1v) is 4.12. The summed E-state index contributed by atoms with van der Waals surface area (Å²) in [6, 6.07) is 0. The fourth-order valence-electron chi connectivity index (χ4n) is 0.863. The summed E-state index contributed by atoms with van der Waals surface area (Å²) < 4.78 is 14.3. The normalized spacial score (nSPS) is 10.2. The zero-order valence-corrected chi connectivity index (χ0v) is 8.33. The van der Waals surface area contributed by atoms with Crippen molar-refractivity contribution in [2.45, 2.75) is 19.1 Å². The first-order chi connectivity index (χ1) is 6.24. The molecule has 0 aromatic rings. The van der Waals surface area contributed by atoms with Gasteiger partial charge in [-0.15, -0.1) is 0 Å². The van der Waals surface area contributed by atoms with E-state index in [2.05, 4.69) is 10.1 Å². The Morgan fingerprint density at radius 1 is 1.31 bits per heavy atom. The predicted molar refractivity (Wildman–Crippen MR) is 47.4 cm³/mol. The molecule has 0 aromatic carbocycles. The molecule has 5 nitrogen and oxygen atoms in total. The maximum Gasteiger partial charge on any atom is 0.406 e. The van der Waals surface area contributed by atoms with Gasteiger partial charge in [-0.05, 0) is 6.42 Å². The zero-order valence-electron chi connectivity index (χ0n) is 8.33. The lowest BCUT2D eigenvalue weighted by atomic mass is 10.3. The van der Waals surface area contributed by atoms with E-state index >= 15 is 0 Å². The van der Waals surface area contributed by atoms with Crippen LogP contribution in [0.3, 0.4) is 0 Å². The SMILES string of the molecule is COC(=O)NCCCC(OC)OC. The smallest absolute Gasteiger partial charge is 0.406 e. The number of hydrogen-bond donors (Lipinski definition) is 1. The second kappa shape index (κ2) is 7.82. The number of nitrogens with one attached hydrogen (secondary N) is 1. The molecule has 0 saturated heterocycles. The van der Waals surface area contributed by atoms with Crippen LogP contribution in [0.1, 0.15) is 12.8 Å². The molecule has 0 aromatic heterocycles. The van der Waals surface area contributed by atoms with Crippen LogP contribution in [0.4, 0.5) is 4.79 Å². The predicted octanol–water partition coefficient (Wildman–Crippen LogP) is 0.741. The van der Waals surface area contributed by atoms with Crippen molar-refractivity contribution in [3.8, 4) is 0 Å². The van der Waals surface area contributed by atoms with Gasteiger partial charge in [0.05, 0.1) is 7.11 Å². The molecule has 0 radical (unpaired) electrons. The van der Waals surface area contributed by atoms with Crippen LogP contribution in [0.5, 0.6) is 0 Å². The minimum atomic E-state index is -0.411. The highest BCUT2D eigenvalue weighted by Crippen LogP contribution is 2.00. The molecule has 78 valence electrons. The summed E-state index contributed by atoms with van der Waals surface area (Å²) in [4.78, 5) is 10.6. The molecule has 0 saturated carbocycles. The third-order valence-electron chi connectivity index (χ3n) is 1.60. The molecule has 0 aliphatic carbocycles. The van der Waals surface area contributed by atoms with Gasteiger partial charge in [-0.25, -0.2) is 4.79 Å². The Morgan fingerprint density at radius 2 is 1.92 bits per heavy atom. The third-order valence-corrected chi connectivity index (χ3v) is 1.60. The molecule has 1 N–H and O–H groups in total. The number of methoxy groups -OCH3 is 3. The average molecular weight is 191 g/mol. The van der Waals surface area contributed by atoms with Gasteiger partial charge >= 0.3 is 6.09 Å². The van der Waals surface area contributed by atoms with E-state index in [-0.39, 0.29) is 6.29 Å². The summed E-state index contributed by atoms with van der Waals surface area (Å²) in [7, 11) is 4.51. The monoisotopic (exact) mass is 191 g/mol. The highest BCUT2D eigenvalue weighted by molar-refractivity contribution is 5.66. The van der Waals surface area contributed by atoms with Crippen molar-refractivity contribution < 1.29 is 19.0 Å². The lowest BCUT2D eigenvalue weighted by molar-refractivity contribution is -0.106. The molecular formula is C8H17NO4. The number of rotatable bonds is 6. The van der Waals surface area contributed by atoms with E-state index in [9.17, 15) is 4.79 Å². The minimum absolute atomic E-state index is 0.195. The molecule has 0 spiro atoms. The maximum atomic E-state index is 10.6. The Hall–Kier alpha value is -0.810. The molecule has 5 heteroatoms. The van der Waals surface area contributed by atoms with Crippen LogP contribution in [0.25, 0.3) is 0 Å². The van der Waals surface area contributed by atoms with E-state index in [1.165, 1.54) is 7.11 Å². The minimum Gasteiger partial charge on any atom is -0.453 e. The third kappa shape index (κ3) is 6.36. The van der Waals surface area contributed by atoms with Gasteiger partial charge in [0.25, 0.3) is 0 Å². The van der Waals surface area contributed by atoms with Gasteiger partial charge < -0.3 is 19.5 Å². The van der Waals surface area contributed by atoms with Crippen molar-refractivity contribution in [3.05, 3.63) is 0 Å². The van der Waals surface area contributed by atoms with Gasteiger partial charge in [0, 0.05) is 27.2 Å². The Labute approximate surface area is 78.3 Å². The number of carbonyl (C=O) groups is 1. The van der Waals surface area contributed by atoms with Gasteiger partial charge in [0.2, 0.25) is 0 Å². The largest absolute Gasteiger partial charge is 0.453 e. The van der Waals surface area contributed by atoms with E-state index in [0.29, 0.717) is 6.54 Å². The number of amides is 1. The second-order valence-electron chi connectivity index (χ2n) is 2.46. The summed E-state index contributed by atoms with van der Waals surface area (Å²) in [5, 5.41) is 2.56. The van der Waals surface area contributed by atoms with Crippen molar-refractivity contribution in [1.29, 1.82) is 0 Å². The van der Waals surface area contributed by atoms with Crippen LogP contribution in [-0.2, 0) is 14.2 Å². The summed E-state index contributed by atoms with van der Waals surface area (Å²) >= 11 is 0. The average Bonchev–Trinajstić information content (AvgIpc) is 2.18. The van der Waals surface area contributed by atoms with Crippen molar-refractivity contribution >= 4 is 6.09 Å². The molecule has 0 bridgehead atoms. The molecule has 0 atom stereocenters. The number of hydrogen-bond acceptors (Lipinski definition) is 4. The first-order valence-electron chi connectivity index (χ1n) is 4.12. The molecule has 1 amide bonds. The highest BCUT2D eigenvalue weighted by atomic mass is 16.7. The molecule has 0 heterocycles. The van der Waals surface area contributed by atoms with Crippen LogP contribution >= 0.6 is 0 Å². The number of carbonyl (C=O) groups excluding carboxylic acids is 1. The molecule has 0 fully saturated rings. The van der Waals surface area contributed by atoms with E-state index < -0.39 is 6.09 Å². The van der Waals surface area contributed by atoms with E-state index in [1.54, 1.807) is 14.2 Å². The van der Waals surface area contributed by atoms with Crippen molar-refractivity contribution in [2.24, 2.45) is 0 Å². The van der Waals surface area contributed by atoms with Gasteiger partial charge in [-0.2, -0.15) is 0 Å². The second-order valence-corrected chi connectivity index (χ2v) is 2.46. The lowest BCUT2D eigenvalue weighted by Crippen LogP contribution is -2.25. The Morgan fingerprint density at radius 3 is 2.38 bits per heavy atom. The highest BCUT2D eigenvalue weighted by Gasteiger charge is 2.04. The molecule has 13 heavy (non-hydrogen) atoms. The van der Waals surface area contributed by atoms with Crippen LogP contribution in [0.2, 0.25) is 0 Å². The van der Waals surface area contributed by atoms with E-state index in [1.807, 2.05) is 0 Å². The Kier molecular flexibility index (Phi) is 7.33. The first kappa shape index (κ1) is 12.2. The summed E-state index contributed by atoms with van der Waals surface area (Å²) in [6.07, 6.45) is 0.934.